The van der Waals surface area contributed by atoms with Crippen LogP contribution in [0.3, 0.4) is 0 Å². The molecule has 2 aromatic rings. The summed E-state index contributed by atoms with van der Waals surface area (Å²) in [6.07, 6.45) is 4.15. The van der Waals surface area contributed by atoms with E-state index in [0.29, 0.717) is 17.3 Å². The minimum absolute atomic E-state index is 0.0853. The maximum Gasteiger partial charge on any atom is 0.360 e. The molecule has 0 radical (unpaired) electrons. The Morgan fingerprint density at radius 3 is 2.77 bits per heavy atom. The Morgan fingerprint density at radius 1 is 1.27 bits per heavy atom. The molecule has 1 heterocycles. The zero-order valence-corrected chi connectivity index (χ0v) is 15.6. The van der Waals surface area contributed by atoms with Crippen LogP contribution < -0.4 is 0 Å². The van der Waals surface area contributed by atoms with E-state index in [2.05, 4.69) is 31.0 Å². The zero-order chi connectivity index (χ0) is 18.7. The second-order valence-electron chi connectivity index (χ2n) is 6.00. The minimum Gasteiger partial charge on any atom is -0.464 e. The van der Waals surface area contributed by atoms with Crippen LogP contribution in [0.5, 0.6) is 0 Å². The van der Waals surface area contributed by atoms with Gasteiger partial charge in [-0.15, -0.1) is 5.10 Å². The number of aromatic nitrogens is 3. The van der Waals surface area contributed by atoms with Gasteiger partial charge >= 0.3 is 11.9 Å². The first-order valence-corrected chi connectivity index (χ1v) is 8.95. The molecule has 0 aliphatic heterocycles. The predicted octanol–water partition coefficient (Wildman–Crippen LogP) is 3.31. The maximum absolute atomic E-state index is 14.0. The monoisotopic (exact) mass is 425 g/mol. The average Bonchev–Trinajstić information content (AvgIpc) is 3.11. The molecule has 1 fully saturated rings. The number of esters is 2. The Labute approximate surface area is 157 Å². The van der Waals surface area contributed by atoms with Crippen LogP contribution in [0.4, 0.5) is 4.39 Å². The topological polar surface area (TPSA) is 83.3 Å². The van der Waals surface area contributed by atoms with Crippen molar-refractivity contribution in [1.82, 2.24) is 15.0 Å². The number of hydrogen-bond donors (Lipinski definition) is 0. The van der Waals surface area contributed by atoms with Crippen LogP contribution in [-0.4, -0.2) is 40.1 Å². The normalized spacial score (nSPS) is 19.8. The van der Waals surface area contributed by atoms with Crippen molar-refractivity contribution in [1.29, 1.82) is 0 Å². The van der Waals surface area contributed by atoms with Crippen LogP contribution in [0.15, 0.2) is 28.9 Å². The van der Waals surface area contributed by atoms with Gasteiger partial charge in [-0.3, -0.25) is 0 Å². The summed E-state index contributed by atoms with van der Waals surface area (Å²) in [4.78, 5) is 23.9. The molecule has 0 N–H and O–H groups in total. The number of halogens is 2. The number of methoxy groups -OCH3 is 1. The molecule has 7 nitrogen and oxygen atoms in total. The number of hydrogen-bond acceptors (Lipinski definition) is 6. The molecule has 9 heteroatoms. The lowest BCUT2D eigenvalue weighted by Crippen LogP contribution is -2.33. The van der Waals surface area contributed by atoms with Gasteiger partial charge in [0.25, 0.3) is 0 Å². The zero-order valence-electron chi connectivity index (χ0n) is 14.0. The molecular formula is C17H17BrFN3O4. The van der Waals surface area contributed by atoms with Crippen LogP contribution >= 0.6 is 15.9 Å². The van der Waals surface area contributed by atoms with Gasteiger partial charge in [-0.05, 0) is 37.5 Å². The van der Waals surface area contributed by atoms with Crippen molar-refractivity contribution < 1.29 is 23.5 Å². The summed E-state index contributed by atoms with van der Waals surface area (Å²) in [5, 5.41) is 7.75. The standard InChI is InChI=1S/C17H17BrFN3O4/c1-25-17(24)13-9-22(21-20-13)14-4-2-3-5-15(14)26-16(23)11-7-6-10(18)8-12(11)19/h6-9,14-15H,2-5H2,1H3. The highest BCUT2D eigenvalue weighted by Crippen LogP contribution is 2.31. The molecule has 0 saturated heterocycles. The Morgan fingerprint density at radius 2 is 2.04 bits per heavy atom. The van der Waals surface area contributed by atoms with Gasteiger partial charge < -0.3 is 9.47 Å². The van der Waals surface area contributed by atoms with E-state index in [4.69, 9.17) is 4.74 Å². The third kappa shape index (κ3) is 3.92. The molecule has 2 unspecified atom stereocenters. The summed E-state index contributed by atoms with van der Waals surface area (Å²) >= 11 is 3.16. The molecule has 1 aliphatic rings. The molecule has 1 aliphatic carbocycles. The lowest BCUT2D eigenvalue weighted by Gasteiger charge is -2.30. The van der Waals surface area contributed by atoms with Gasteiger partial charge in [-0.25, -0.2) is 18.7 Å². The molecule has 138 valence electrons. The number of ether oxygens (including phenoxy) is 2. The third-order valence-corrected chi connectivity index (χ3v) is 4.82. The number of benzene rings is 1. The molecule has 1 aromatic heterocycles. The fourth-order valence-corrected chi connectivity index (χ4v) is 3.34. The van der Waals surface area contributed by atoms with Crippen LogP contribution in [-0.2, 0) is 9.47 Å². The van der Waals surface area contributed by atoms with Crippen LogP contribution in [0.25, 0.3) is 0 Å². The summed E-state index contributed by atoms with van der Waals surface area (Å²) in [6.45, 7) is 0. The first kappa shape index (κ1) is 18.5. The van der Waals surface area contributed by atoms with Crippen molar-refractivity contribution in [2.45, 2.75) is 37.8 Å². The minimum atomic E-state index is -0.722. The van der Waals surface area contributed by atoms with E-state index < -0.39 is 23.9 Å². The van der Waals surface area contributed by atoms with Gasteiger partial charge in [0, 0.05) is 4.47 Å². The summed E-state index contributed by atoms with van der Waals surface area (Å²) in [7, 11) is 1.26. The van der Waals surface area contributed by atoms with Crippen molar-refractivity contribution in [3.05, 3.63) is 45.9 Å². The van der Waals surface area contributed by atoms with E-state index in [1.165, 1.54) is 30.1 Å². The van der Waals surface area contributed by atoms with Gasteiger partial charge in [0.1, 0.15) is 11.9 Å². The van der Waals surface area contributed by atoms with E-state index in [-0.39, 0.29) is 17.3 Å². The third-order valence-electron chi connectivity index (χ3n) is 4.32. The van der Waals surface area contributed by atoms with Crippen molar-refractivity contribution in [2.24, 2.45) is 0 Å². The summed E-state index contributed by atoms with van der Waals surface area (Å²) in [5.41, 5.74) is -0.0338. The Bertz CT molecular complexity index is 826. The van der Waals surface area contributed by atoms with E-state index >= 15 is 0 Å². The number of nitrogens with zero attached hydrogens (tertiary/aromatic N) is 3. The van der Waals surface area contributed by atoms with Gasteiger partial charge in [0.2, 0.25) is 0 Å². The summed E-state index contributed by atoms with van der Waals surface area (Å²) < 4.78 is 26.2. The van der Waals surface area contributed by atoms with Crippen molar-refractivity contribution in [3.63, 3.8) is 0 Å². The second kappa shape index (κ2) is 7.94. The van der Waals surface area contributed by atoms with Gasteiger partial charge in [0.05, 0.1) is 24.9 Å². The number of carbonyl (C=O) groups is 2. The van der Waals surface area contributed by atoms with Crippen LogP contribution in [0, 0.1) is 5.82 Å². The van der Waals surface area contributed by atoms with Crippen LogP contribution in [0.2, 0.25) is 0 Å². The fourth-order valence-electron chi connectivity index (χ4n) is 3.01. The smallest absolute Gasteiger partial charge is 0.360 e. The maximum atomic E-state index is 14.0. The van der Waals surface area contributed by atoms with Gasteiger partial charge in [0.15, 0.2) is 5.69 Å². The molecule has 26 heavy (non-hydrogen) atoms. The highest BCUT2D eigenvalue weighted by atomic mass is 79.9. The number of rotatable bonds is 4. The molecule has 3 rings (SSSR count). The van der Waals surface area contributed by atoms with Crippen molar-refractivity contribution in [3.8, 4) is 0 Å². The second-order valence-corrected chi connectivity index (χ2v) is 6.91. The predicted molar refractivity (Wildman–Crippen MR) is 92.2 cm³/mol. The molecule has 2 atom stereocenters. The van der Waals surface area contributed by atoms with E-state index in [1.54, 1.807) is 6.07 Å². The molecular weight excluding hydrogens is 409 g/mol. The Kier molecular flexibility index (Phi) is 5.65. The Balaban J connectivity index is 1.77. The SMILES string of the molecule is COC(=O)c1cn(C2CCCCC2OC(=O)c2ccc(Br)cc2F)nn1. The lowest BCUT2D eigenvalue weighted by atomic mass is 9.92. The highest BCUT2D eigenvalue weighted by molar-refractivity contribution is 9.10. The molecule has 0 bridgehead atoms. The van der Waals surface area contributed by atoms with Crippen molar-refractivity contribution in [2.75, 3.05) is 7.11 Å². The summed E-state index contributed by atoms with van der Waals surface area (Å²) in [5.74, 6) is -1.96. The first-order valence-electron chi connectivity index (χ1n) is 8.15. The molecule has 0 spiro atoms. The van der Waals surface area contributed by atoms with E-state index in [9.17, 15) is 14.0 Å². The largest absolute Gasteiger partial charge is 0.464 e. The van der Waals surface area contributed by atoms with Crippen LogP contribution in [0.1, 0.15) is 52.6 Å². The first-order chi connectivity index (χ1) is 12.5. The van der Waals surface area contributed by atoms with E-state index in [1.807, 2.05) is 0 Å². The highest BCUT2D eigenvalue weighted by Gasteiger charge is 2.32. The average molecular weight is 426 g/mol. The molecule has 1 aromatic carbocycles. The quantitative estimate of drug-likeness (QED) is 0.698. The molecule has 0 amide bonds. The van der Waals surface area contributed by atoms with E-state index in [0.717, 1.165) is 12.8 Å². The number of carbonyl (C=O) groups excluding carboxylic acids is 2. The Hall–Kier alpha value is -2.29. The lowest BCUT2D eigenvalue weighted by molar-refractivity contribution is 0.00130. The van der Waals surface area contributed by atoms with Crippen molar-refractivity contribution >= 4 is 27.9 Å². The fraction of sp³-hybridized carbons (Fsp3) is 0.412. The summed E-state index contributed by atoms with van der Waals surface area (Å²) in [6, 6.07) is 3.91. The van der Waals surface area contributed by atoms with Gasteiger partial charge in [-0.2, -0.15) is 0 Å². The molecule has 1 saturated carbocycles. The van der Waals surface area contributed by atoms with Gasteiger partial charge in [-0.1, -0.05) is 27.6 Å².